The molecule has 2 heterocycles. The molecule has 126 valence electrons. The number of carbonyl (C=O) groups excluding carboxylic acids is 1. The molecule has 0 radical (unpaired) electrons. The van der Waals surface area contributed by atoms with Gasteiger partial charge in [-0.3, -0.25) is 4.79 Å². The van der Waals surface area contributed by atoms with E-state index in [0.717, 1.165) is 10.9 Å². The Morgan fingerprint density at radius 3 is 3.04 bits per heavy atom. The SMILES string of the molecule is CCC(=O)C#CCc1c[nH]c2ncnc(OCc3cccc(F)c3)c12. The van der Waals surface area contributed by atoms with Gasteiger partial charge < -0.3 is 9.72 Å². The van der Waals surface area contributed by atoms with Gasteiger partial charge in [-0.1, -0.05) is 25.0 Å². The van der Waals surface area contributed by atoms with Crippen molar-refractivity contribution in [3.8, 4) is 17.7 Å². The molecule has 0 fully saturated rings. The molecule has 1 N–H and O–H groups in total. The maximum absolute atomic E-state index is 13.3. The molecule has 0 aliphatic rings. The van der Waals surface area contributed by atoms with Gasteiger partial charge in [0, 0.05) is 19.0 Å². The van der Waals surface area contributed by atoms with E-state index in [1.165, 1.54) is 18.5 Å². The van der Waals surface area contributed by atoms with E-state index < -0.39 is 0 Å². The summed E-state index contributed by atoms with van der Waals surface area (Å²) in [4.78, 5) is 22.7. The van der Waals surface area contributed by atoms with Gasteiger partial charge in [0.2, 0.25) is 11.7 Å². The molecule has 0 saturated carbocycles. The summed E-state index contributed by atoms with van der Waals surface area (Å²) in [5.74, 6) is 5.44. The van der Waals surface area contributed by atoms with Crippen molar-refractivity contribution in [1.82, 2.24) is 15.0 Å². The number of halogens is 1. The number of ether oxygens (including phenoxy) is 1. The fraction of sp³-hybridized carbons (Fsp3) is 0.211. The zero-order chi connectivity index (χ0) is 17.6. The van der Waals surface area contributed by atoms with Crippen molar-refractivity contribution in [2.45, 2.75) is 26.4 Å². The average molecular weight is 337 g/mol. The summed E-state index contributed by atoms with van der Waals surface area (Å²) in [6.45, 7) is 1.96. The van der Waals surface area contributed by atoms with Crippen LogP contribution in [0.3, 0.4) is 0 Å². The first-order valence-corrected chi connectivity index (χ1v) is 7.87. The number of nitrogens with one attached hydrogen (secondary N) is 1. The Morgan fingerprint density at radius 2 is 2.24 bits per heavy atom. The van der Waals surface area contributed by atoms with Gasteiger partial charge in [0.15, 0.2) is 0 Å². The van der Waals surface area contributed by atoms with Crippen molar-refractivity contribution in [2.75, 3.05) is 0 Å². The minimum atomic E-state index is -0.313. The van der Waals surface area contributed by atoms with Crippen LogP contribution in [0.15, 0.2) is 36.8 Å². The molecule has 0 unspecified atom stereocenters. The van der Waals surface area contributed by atoms with E-state index in [9.17, 15) is 9.18 Å². The van der Waals surface area contributed by atoms with E-state index in [2.05, 4.69) is 26.8 Å². The number of fused-ring (bicyclic) bond motifs is 1. The van der Waals surface area contributed by atoms with Crippen LogP contribution in [0.1, 0.15) is 24.5 Å². The first kappa shape index (κ1) is 16.7. The Balaban J connectivity index is 1.83. The lowest BCUT2D eigenvalue weighted by atomic mass is 10.1. The molecule has 2 aromatic heterocycles. The Kier molecular flexibility index (Phi) is 5.05. The number of H-pyrrole nitrogens is 1. The smallest absolute Gasteiger partial charge is 0.226 e. The highest BCUT2D eigenvalue weighted by molar-refractivity contribution is 5.95. The molecule has 25 heavy (non-hydrogen) atoms. The van der Waals surface area contributed by atoms with Crippen LogP contribution in [0.5, 0.6) is 5.88 Å². The number of ketones is 1. The molecule has 0 bridgehead atoms. The van der Waals surface area contributed by atoms with Crippen molar-refractivity contribution < 1.29 is 13.9 Å². The number of nitrogens with zero attached hydrogens (tertiary/aromatic N) is 2. The fourth-order valence-electron chi connectivity index (χ4n) is 2.35. The van der Waals surface area contributed by atoms with Gasteiger partial charge in [-0.25, -0.2) is 14.4 Å². The summed E-state index contributed by atoms with van der Waals surface area (Å²) in [7, 11) is 0. The van der Waals surface area contributed by atoms with Gasteiger partial charge in [0.1, 0.15) is 24.4 Å². The number of Topliss-reactive ketones (excluding diaryl/α,β-unsaturated/α-hetero) is 1. The summed E-state index contributed by atoms with van der Waals surface area (Å²) in [5.41, 5.74) is 2.18. The molecule has 0 aliphatic carbocycles. The highest BCUT2D eigenvalue weighted by Crippen LogP contribution is 2.26. The molecule has 3 rings (SSSR count). The van der Waals surface area contributed by atoms with Crippen LogP contribution < -0.4 is 4.74 Å². The number of aromatic nitrogens is 3. The molecule has 0 spiro atoms. The highest BCUT2D eigenvalue weighted by atomic mass is 19.1. The third-order valence-electron chi connectivity index (χ3n) is 3.61. The van der Waals surface area contributed by atoms with Crippen LogP contribution in [0, 0.1) is 17.7 Å². The number of hydrogen-bond donors (Lipinski definition) is 1. The minimum absolute atomic E-state index is 0.0985. The summed E-state index contributed by atoms with van der Waals surface area (Å²) in [6, 6.07) is 6.21. The zero-order valence-corrected chi connectivity index (χ0v) is 13.7. The predicted molar refractivity (Wildman–Crippen MR) is 91.4 cm³/mol. The Morgan fingerprint density at radius 1 is 1.36 bits per heavy atom. The van der Waals surface area contributed by atoms with Crippen molar-refractivity contribution in [2.24, 2.45) is 0 Å². The second-order valence-electron chi connectivity index (χ2n) is 5.39. The number of hydrogen-bond acceptors (Lipinski definition) is 4. The van der Waals surface area contributed by atoms with Gasteiger partial charge >= 0.3 is 0 Å². The van der Waals surface area contributed by atoms with Crippen molar-refractivity contribution in [1.29, 1.82) is 0 Å². The molecule has 0 atom stereocenters. The maximum atomic E-state index is 13.3. The first-order valence-electron chi connectivity index (χ1n) is 7.87. The van der Waals surface area contributed by atoms with Crippen LogP contribution in [0.25, 0.3) is 11.0 Å². The minimum Gasteiger partial charge on any atom is -0.472 e. The Bertz CT molecular complexity index is 969. The highest BCUT2D eigenvalue weighted by Gasteiger charge is 2.12. The van der Waals surface area contributed by atoms with Crippen molar-refractivity contribution >= 4 is 16.8 Å². The number of rotatable bonds is 5. The molecule has 6 heteroatoms. The topological polar surface area (TPSA) is 67.9 Å². The second-order valence-corrected chi connectivity index (χ2v) is 5.39. The quantitative estimate of drug-likeness (QED) is 0.573. The number of benzene rings is 1. The van der Waals surface area contributed by atoms with Crippen molar-refractivity contribution in [3.05, 3.63) is 53.7 Å². The van der Waals surface area contributed by atoms with Gasteiger partial charge in [0.05, 0.1) is 5.39 Å². The van der Waals surface area contributed by atoms with Gasteiger partial charge in [-0.15, -0.1) is 0 Å². The Labute approximate surface area is 144 Å². The van der Waals surface area contributed by atoms with E-state index in [1.807, 2.05) is 0 Å². The van der Waals surface area contributed by atoms with Gasteiger partial charge in [0.25, 0.3) is 0 Å². The lowest BCUT2D eigenvalue weighted by Crippen LogP contribution is -1.99. The second kappa shape index (κ2) is 7.58. The number of carbonyl (C=O) groups is 1. The summed E-state index contributed by atoms with van der Waals surface area (Å²) in [5, 5.41) is 0.720. The van der Waals surface area contributed by atoms with Gasteiger partial charge in [-0.05, 0) is 29.2 Å². The third kappa shape index (κ3) is 4.01. The molecule has 0 amide bonds. The van der Waals surface area contributed by atoms with E-state index >= 15 is 0 Å². The first-order chi connectivity index (χ1) is 12.2. The lowest BCUT2D eigenvalue weighted by Gasteiger charge is -2.07. The predicted octanol–water partition coefficient (Wildman–Crippen LogP) is 3.20. The standard InChI is InChI=1S/C19H16FN3O2/c1-2-16(24)8-4-6-14-10-21-18-17(14)19(23-12-22-18)25-11-13-5-3-7-15(20)9-13/h3,5,7,9-10,12H,2,6,11H2,1H3,(H,21,22,23). The molecule has 5 nitrogen and oxygen atoms in total. The normalized spacial score (nSPS) is 10.3. The van der Waals surface area contributed by atoms with Crippen molar-refractivity contribution in [3.63, 3.8) is 0 Å². The molecular weight excluding hydrogens is 321 g/mol. The van der Waals surface area contributed by atoms with Crippen LogP contribution in [-0.2, 0) is 17.8 Å². The number of aromatic amines is 1. The molecule has 1 aromatic carbocycles. The lowest BCUT2D eigenvalue weighted by molar-refractivity contribution is -0.113. The summed E-state index contributed by atoms with van der Waals surface area (Å²) < 4.78 is 19.0. The largest absolute Gasteiger partial charge is 0.472 e. The van der Waals surface area contributed by atoms with Crippen LogP contribution >= 0.6 is 0 Å². The van der Waals surface area contributed by atoms with Crippen LogP contribution in [-0.4, -0.2) is 20.7 Å². The molecular formula is C19H16FN3O2. The fourth-order valence-corrected chi connectivity index (χ4v) is 2.35. The summed E-state index contributed by atoms with van der Waals surface area (Å²) >= 11 is 0. The molecule has 0 saturated heterocycles. The van der Waals surface area contributed by atoms with Crippen LogP contribution in [0.2, 0.25) is 0 Å². The van der Waals surface area contributed by atoms with E-state index in [1.54, 1.807) is 25.3 Å². The van der Waals surface area contributed by atoms with E-state index in [0.29, 0.717) is 29.9 Å². The third-order valence-corrected chi connectivity index (χ3v) is 3.61. The van der Waals surface area contributed by atoms with Gasteiger partial charge in [-0.2, -0.15) is 0 Å². The van der Waals surface area contributed by atoms with Crippen LogP contribution in [0.4, 0.5) is 4.39 Å². The maximum Gasteiger partial charge on any atom is 0.226 e. The average Bonchev–Trinajstić information content (AvgIpc) is 3.04. The zero-order valence-electron chi connectivity index (χ0n) is 13.7. The van der Waals surface area contributed by atoms with E-state index in [4.69, 9.17) is 4.74 Å². The monoisotopic (exact) mass is 337 g/mol. The van der Waals surface area contributed by atoms with E-state index in [-0.39, 0.29) is 18.2 Å². The summed E-state index contributed by atoms with van der Waals surface area (Å²) in [6.07, 6.45) is 3.96. The molecule has 0 aliphatic heterocycles. The molecule has 3 aromatic rings. The Hall–Kier alpha value is -3.20.